The monoisotopic (exact) mass is 400 g/mol. The third-order valence-corrected chi connectivity index (χ3v) is 5.05. The average Bonchev–Trinajstić information content (AvgIpc) is 3.30. The van der Waals surface area contributed by atoms with Gasteiger partial charge in [-0.2, -0.15) is 0 Å². The van der Waals surface area contributed by atoms with Crippen molar-refractivity contribution in [1.29, 1.82) is 0 Å². The predicted molar refractivity (Wildman–Crippen MR) is 106 cm³/mol. The van der Waals surface area contributed by atoms with E-state index in [4.69, 9.17) is 11.5 Å². The zero-order valence-corrected chi connectivity index (χ0v) is 15.6. The summed E-state index contributed by atoms with van der Waals surface area (Å²) in [4.78, 5) is 11.4. The quantitative estimate of drug-likeness (QED) is 0.456. The molecule has 0 spiro atoms. The van der Waals surface area contributed by atoms with E-state index in [0.717, 1.165) is 34.4 Å². The van der Waals surface area contributed by atoms with Crippen molar-refractivity contribution in [2.24, 2.45) is 16.5 Å². The summed E-state index contributed by atoms with van der Waals surface area (Å²) in [7, 11) is 0. The van der Waals surface area contributed by atoms with Crippen molar-refractivity contribution >= 4 is 33.2 Å². The van der Waals surface area contributed by atoms with Crippen molar-refractivity contribution in [3.63, 3.8) is 0 Å². The van der Waals surface area contributed by atoms with E-state index in [0.29, 0.717) is 17.5 Å². The van der Waals surface area contributed by atoms with Gasteiger partial charge in [0.1, 0.15) is 17.1 Å². The highest BCUT2D eigenvalue weighted by Crippen LogP contribution is 2.25. The Bertz CT molecular complexity index is 799. The van der Waals surface area contributed by atoms with Crippen molar-refractivity contribution in [2.45, 2.75) is 31.7 Å². The molecule has 2 aromatic rings. The number of rotatable bonds is 5. The number of hydrogen-bond acceptors (Lipinski definition) is 2. The van der Waals surface area contributed by atoms with Gasteiger partial charge in [0.2, 0.25) is 5.71 Å². The minimum Gasteiger partial charge on any atom is -0.404 e. The second-order valence-corrected chi connectivity index (χ2v) is 6.97. The molecule has 6 N–H and O–H groups in total. The molecule has 1 saturated carbocycles. The van der Waals surface area contributed by atoms with Crippen molar-refractivity contribution < 1.29 is 4.99 Å². The third kappa shape index (κ3) is 4.20. The molecule has 0 radical (unpaired) electrons. The van der Waals surface area contributed by atoms with Gasteiger partial charge in [0.15, 0.2) is 6.04 Å². The molecule has 1 aliphatic carbocycles. The molecule has 1 heterocycles. The fourth-order valence-electron chi connectivity index (χ4n) is 3.09. The van der Waals surface area contributed by atoms with Gasteiger partial charge in [-0.1, -0.05) is 12.1 Å². The number of aromatic nitrogens is 1. The maximum atomic E-state index is 6.32. The predicted octanol–water partition coefficient (Wildman–Crippen LogP) is 2.12. The largest absolute Gasteiger partial charge is 0.404 e. The number of para-hydroxylation sites is 1. The van der Waals surface area contributed by atoms with Crippen LogP contribution in [0.5, 0.6) is 0 Å². The van der Waals surface area contributed by atoms with Crippen LogP contribution in [0.3, 0.4) is 0 Å². The number of hydrogen-bond donors (Lipinski definition) is 4. The second-order valence-electron chi connectivity index (χ2n) is 6.11. The number of benzene rings is 1. The molecule has 0 saturated heterocycles. The number of nitrogens with two attached hydrogens (primary N) is 2. The highest BCUT2D eigenvalue weighted by molar-refractivity contribution is 9.10. The number of halogens is 1. The lowest BCUT2D eigenvalue weighted by Gasteiger charge is -2.08. The number of aromatic amines is 1. The molecule has 5 nitrogen and oxygen atoms in total. The van der Waals surface area contributed by atoms with Crippen LogP contribution in [0, 0.1) is 0 Å². The van der Waals surface area contributed by atoms with Crippen molar-refractivity contribution in [2.75, 3.05) is 0 Å². The molecule has 0 bridgehead atoms. The van der Waals surface area contributed by atoms with Gasteiger partial charge in [0, 0.05) is 29.7 Å². The second kappa shape index (κ2) is 8.16. The van der Waals surface area contributed by atoms with Crippen molar-refractivity contribution in [3.8, 4) is 0 Å². The molecule has 1 aromatic heterocycles. The van der Waals surface area contributed by atoms with Gasteiger partial charge in [0.05, 0.1) is 5.69 Å². The summed E-state index contributed by atoms with van der Waals surface area (Å²) in [6, 6.07) is 12.1. The smallest absolute Gasteiger partial charge is 0.234 e. The van der Waals surface area contributed by atoms with Crippen LogP contribution in [-0.2, 0) is 0 Å². The van der Waals surface area contributed by atoms with Gasteiger partial charge in [-0.15, -0.1) is 0 Å². The Balaban J connectivity index is 1.99. The zero-order chi connectivity index (χ0) is 17.6. The molecule has 1 aromatic carbocycles. The maximum absolute atomic E-state index is 6.32. The Labute approximate surface area is 156 Å². The zero-order valence-electron chi connectivity index (χ0n) is 14.0. The first-order chi connectivity index (χ1) is 12.2. The first-order valence-corrected chi connectivity index (χ1v) is 9.27. The van der Waals surface area contributed by atoms with Gasteiger partial charge < -0.3 is 16.5 Å². The van der Waals surface area contributed by atoms with Crippen LogP contribution in [-0.4, -0.2) is 22.6 Å². The van der Waals surface area contributed by atoms with Gasteiger partial charge in [-0.3, -0.25) is 0 Å². The number of H-pyrrole nitrogens is 1. The molecule has 130 valence electrons. The standard InChI is InChI=1S/C19H22BrN5/c20-15-8-3-4-9-16(15)25-19(22)14(12-21)18(17-10-5-11-23-17)24-13-6-1-2-7-13/h3-5,8-13,23H,1-2,6-7,21H2,(H2,22,25)/p+1/b14-12+,24-18?. The fraction of sp³-hybridized carbons (Fsp3) is 0.263. The van der Waals surface area contributed by atoms with Gasteiger partial charge >= 0.3 is 0 Å². The minimum atomic E-state index is 0.379. The van der Waals surface area contributed by atoms with Crippen LogP contribution >= 0.6 is 15.9 Å². The Kier molecular flexibility index (Phi) is 5.71. The van der Waals surface area contributed by atoms with E-state index >= 15 is 0 Å². The molecular formula is C19H23BrN5+. The maximum Gasteiger partial charge on any atom is 0.234 e. The Hall–Kier alpha value is -2.34. The van der Waals surface area contributed by atoms with E-state index in [9.17, 15) is 0 Å². The van der Waals surface area contributed by atoms with Gasteiger partial charge in [-0.05, 0) is 53.0 Å². The number of amidine groups is 1. The first kappa shape index (κ1) is 17.5. The Morgan fingerprint density at radius 3 is 2.60 bits per heavy atom. The molecule has 0 aliphatic heterocycles. The lowest BCUT2D eigenvalue weighted by atomic mass is 10.1. The first-order valence-electron chi connectivity index (χ1n) is 8.47. The normalized spacial score (nSPS) is 17.2. The average molecular weight is 401 g/mol. The molecule has 1 aliphatic rings. The number of nitrogens with zero attached hydrogens (tertiary/aromatic N) is 1. The molecule has 25 heavy (non-hydrogen) atoms. The lowest BCUT2D eigenvalue weighted by Crippen LogP contribution is -2.80. The topological polar surface area (TPSA) is 94.2 Å². The summed E-state index contributed by atoms with van der Waals surface area (Å²) in [5.41, 5.74) is 15.6. The highest BCUT2D eigenvalue weighted by atomic mass is 79.9. The summed E-state index contributed by atoms with van der Waals surface area (Å²) in [6.45, 7) is 0. The van der Waals surface area contributed by atoms with Crippen LogP contribution in [0.1, 0.15) is 31.4 Å². The lowest BCUT2D eigenvalue weighted by molar-refractivity contribution is -0.500. The molecular weight excluding hydrogens is 378 g/mol. The molecule has 3 rings (SSSR count). The van der Waals surface area contributed by atoms with Crippen LogP contribution in [0.4, 0.5) is 5.69 Å². The number of aliphatic imine (C=N–C) groups is 1. The van der Waals surface area contributed by atoms with Crippen molar-refractivity contribution in [1.82, 2.24) is 4.98 Å². The van der Waals surface area contributed by atoms with E-state index in [1.165, 1.54) is 19.0 Å². The Morgan fingerprint density at radius 1 is 1.20 bits per heavy atom. The fourth-order valence-corrected chi connectivity index (χ4v) is 3.46. The van der Waals surface area contributed by atoms with E-state index in [1.807, 2.05) is 42.6 Å². The van der Waals surface area contributed by atoms with Gasteiger partial charge in [-0.25, -0.2) is 9.98 Å². The summed E-state index contributed by atoms with van der Waals surface area (Å²) in [5.74, 6) is 0.379. The van der Waals surface area contributed by atoms with Crippen LogP contribution < -0.4 is 16.5 Å². The number of nitrogens with one attached hydrogen (secondary N) is 2. The summed E-state index contributed by atoms with van der Waals surface area (Å²) in [5, 5.41) is 0. The SMILES string of the molecule is N/C=C(/C(N)=Nc1ccccc1Br)C(=[NH+]C1CCCC1)c1ccc[nH]1. The molecule has 0 unspecified atom stereocenters. The highest BCUT2D eigenvalue weighted by Gasteiger charge is 2.25. The van der Waals surface area contributed by atoms with E-state index in [-0.39, 0.29) is 0 Å². The van der Waals surface area contributed by atoms with Gasteiger partial charge in [0.25, 0.3) is 0 Å². The summed E-state index contributed by atoms with van der Waals surface area (Å²) >= 11 is 3.50. The Morgan fingerprint density at radius 2 is 1.96 bits per heavy atom. The van der Waals surface area contributed by atoms with Crippen LogP contribution in [0.2, 0.25) is 0 Å². The summed E-state index contributed by atoms with van der Waals surface area (Å²) in [6.07, 6.45) is 8.22. The van der Waals surface area contributed by atoms with E-state index < -0.39 is 0 Å². The molecule has 1 fully saturated rings. The molecule has 0 amide bonds. The van der Waals surface area contributed by atoms with E-state index in [2.05, 4.69) is 30.9 Å². The minimum absolute atomic E-state index is 0.379. The van der Waals surface area contributed by atoms with Crippen molar-refractivity contribution in [3.05, 3.63) is 64.5 Å². The third-order valence-electron chi connectivity index (χ3n) is 4.38. The molecule has 0 atom stereocenters. The van der Waals surface area contributed by atoms with Crippen LogP contribution in [0.25, 0.3) is 0 Å². The van der Waals surface area contributed by atoms with Crippen LogP contribution in [0.15, 0.2) is 63.8 Å². The summed E-state index contributed by atoms with van der Waals surface area (Å²) < 4.78 is 0.888. The molecule has 6 heteroatoms. The van der Waals surface area contributed by atoms with E-state index in [1.54, 1.807) is 0 Å².